The topological polar surface area (TPSA) is 111 Å². The van der Waals surface area contributed by atoms with E-state index in [4.69, 9.17) is 4.42 Å². The molecule has 1 aliphatic rings. The molecule has 1 aliphatic heterocycles. The molecule has 1 N–H and O–H groups in total. The van der Waals surface area contributed by atoms with E-state index in [0.29, 0.717) is 48.0 Å². The lowest BCUT2D eigenvalue weighted by atomic mass is 10.1. The van der Waals surface area contributed by atoms with E-state index >= 15 is 0 Å². The fourth-order valence-electron chi connectivity index (χ4n) is 3.53. The largest absolute Gasteiger partial charge is 0.439 e. The third kappa shape index (κ3) is 4.98. The molecular formula is C22H25N7O2. The number of hydrogen-bond acceptors (Lipinski definition) is 8. The fourth-order valence-corrected chi connectivity index (χ4v) is 3.53. The van der Waals surface area contributed by atoms with Crippen molar-refractivity contribution in [1.29, 1.82) is 5.26 Å². The van der Waals surface area contributed by atoms with Crippen LogP contribution in [-0.4, -0.2) is 70.4 Å². The Bertz CT molecular complexity index is 1050. The Morgan fingerprint density at radius 2 is 2.03 bits per heavy atom. The molecule has 0 bridgehead atoms. The molecule has 4 rings (SSSR count). The van der Waals surface area contributed by atoms with Crippen molar-refractivity contribution >= 4 is 23.0 Å². The zero-order valence-electron chi connectivity index (χ0n) is 17.5. The molecule has 1 unspecified atom stereocenters. The van der Waals surface area contributed by atoms with Gasteiger partial charge in [0.2, 0.25) is 17.7 Å². The number of oxazole rings is 1. The molecule has 1 fully saturated rings. The molecule has 0 radical (unpaired) electrons. The molecule has 9 nitrogen and oxygen atoms in total. The van der Waals surface area contributed by atoms with Gasteiger partial charge in [-0.2, -0.15) is 5.26 Å². The third-order valence-electron chi connectivity index (χ3n) is 5.37. The number of carbonyl (C=O) groups is 1. The Morgan fingerprint density at radius 1 is 1.23 bits per heavy atom. The summed E-state index contributed by atoms with van der Waals surface area (Å²) >= 11 is 0. The Morgan fingerprint density at radius 3 is 2.81 bits per heavy atom. The molecule has 1 atom stereocenters. The van der Waals surface area contributed by atoms with Crippen molar-refractivity contribution in [2.75, 3.05) is 45.1 Å². The van der Waals surface area contributed by atoms with Gasteiger partial charge in [0, 0.05) is 45.3 Å². The number of nitrogens with one attached hydrogen (secondary N) is 1. The van der Waals surface area contributed by atoms with Crippen LogP contribution in [0.2, 0.25) is 0 Å². The summed E-state index contributed by atoms with van der Waals surface area (Å²) in [6.45, 7) is 4.00. The number of nitriles is 1. The molecule has 1 amide bonds. The van der Waals surface area contributed by atoms with Crippen molar-refractivity contribution in [3.8, 4) is 6.07 Å². The lowest BCUT2D eigenvalue weighted by Gasteiger charge is -2.32. The van der Waals surface area contributed by atoms with Crippen LogP contribution in [0.25, 0.3) is 11.1 Å². The third-order valence-corrected chi connectivity index (χ3v) is 5.37. The molecule has 1 saturated heterocycles. The molecule has 160 valence electrons. The molecule has 9 heteroatoms. The van der Waals surface area contributed by atoms with Gasteiger partial charge in [0.15, 0.2) is 11.5 Å². The van der Waals surface area contributed by atoms with Crippen molar-refractivity contribution in [3.05, 3.63) is 48.1 Å². The minimum Gasteiger partial charge on any atom is -0.439 e. The number of benzene rings is 1. The number of para-hydroxylation sites is 2. The summed E-state index contributed by atoms with van der Waals surface area (Å²) in [6, 6.07) is 11.3. The summed E-state index contributed by atoms with van der Waals surface area (Å²) in [5.74, 6) is 0.187. The molecule has 0 aliphatic carbocycles. The zero-order chi connectivity index (χ0) is 21.6. The normalized spacial score (nSPS) is 15.5. The van der Waals surface area contributed by atoms with E-state index in [1.165, 1.54) is 0 Å². The highest BCUT2D eigenvalue weighted by Gasteiger charge is 2.22. The van der Waals surface area contributed by atoms with Crippen LogP contribution in [0.5, 0.6) is 0 Å². The Labute approximate surface area is 180 Å². The van der Waals surface area contributed by atoms with E-state index in [1.54, 1.807) is 12.3 Å². The second-order valence-corrected chi connectivity index (χ2v) is 7.60. The molecule has 2 aromatic heterocycles. The van der Waals surface area contributed by atoms with Crippen LogP contribution in [-0.2, 0) is 4.79 Å². The number of carbonyl (C=O) groups excluding carboxylic acids is 1. The Hall–Kier alpha value is -3.51. The first-order chi connectivity index (χ1) is 15.1. The highest BCUT2D eigenvalue weighted by atomic mass is 16.3. The lowest BCUT2D eigenvalue weighted by molar-refractivity contribution is -0.132. The van der Waals surface area contributed by atoms with Gasteiger partial charge in [-0.05, 0) is 31.7 Å². The summed E-state index contributed by atoms with van der Waals surface area (Å²) < 4.78 is 5.74. The summed E-state index contributed by atoms with van der Waals surface area (Å²) in [5.41, 5.74) is 1.85. The molecule has 3 aromatic rings. The van der Waals surface area contributed by atoms with E-state index in [0.717, 1.165) is 26.2 Å². The van der Waals surface area contributed by atoms with E-state index < -0.39 is 5.92 Å². The highest BCUT2D eigenvalue weighted by Crippen LogP contribution is 2.26. The number of amides is 1. The molecule has 1 aromatic carbocycles. The summed E-state index contributed by atoms with van der Waals surface area (Å²) in [4.78, 5) is 29.6. The average Bonchev–Trinajstić information content (AvgIpc) is 3.21. The van der Waals surface area contributed by atoms with Crippen LogP contribution in [0.3, 0.4) is 0 Å². The first kappa shape index (κ1) is 20.8. The van der Waals surface area contributed by atoms with Crippen LogP contribution in [0.4, 0.5) is 5.95 Å². The van der Waals surface area contributed by atoms with E-state index in [2.05, 4.69) is 38.3 Å². The van der Waals surface area contributed by atoms with Gasteiger partial charge in [0.25, 0.3) is 0 Å². The van der Waals surface area contributed by atoms with E-state index in [1.807, 2.05) is 29.2 Å². The van der Waals surface area contributed by atoms with Crippen molar-refractivity contribution in [1.82, 2.24) is 24.8 Å². The maximum Gasteiger partial charge on any atom is 0.222 e. The van der Waals surface area contributed by atoms with Gasteiger partial charge in [-0.1, -0.05) is 12.1 Å². The zero-order valence-corrected chi connectivity index (χ0v) is 17.5. The predicted octanol–water partition coefficient (Wildman–Crippen LogP) is 2.24. The lowest BCUT2D eigenvalue weighted by Crippen LogP contribution is -2.47. The highest BCUT2D eigenvalue weighted by molar-refractivity contribution is 5.76. The van der Waals surface area contributed by atoms with E-state index in [9.17, 15) is 10.1 Å². The monoisotopic (exact) mass is 419 g/mol. The number of anilines is 1. The summed E-state index contributed by atoms with van der Waals surface area (Å²) in [5, 5.41) is 12.8. The molecule has 31 heavy (non-hydrogen) atoms. The van der Waals surface area contributed by atoms with Gasteiger partial charge in [-0.15, -0.1) is 0 Å². The second kappa shape index (κ2) is 9.53. The van der Waals surface area contributed by atoms with Crippen LogP contribution >= 0.6 is 0 Å². The van der Waals surface area contributed by atoms with Crippen LogP contribution < -0.4 is 5.32 Å². The molecule has 0 saturated carbocycles. The molecule has 3 heterocycles. The smallest absolute Gasteiger partial charge is 0.222 e. The maximum absolute atomic E-state index is 12.3. The first-order valence-corrected chi connectivity index (χ1v) is 10.4. The van der Waals surface area contributed by atoms with Gasteiger partial charge >= 0.3 is 0 Å². The van der Waals surface area contributed by atoms with Gasteiger partial charge < -0.3 is 19.5 Å². The van der Waals surface area contributed by atoms with Crippen LogP contribution in [0, 0.1) is 11.3 Å². The minimum absolute atomic E-state index is 0.185. The van der Waals surface area contributed by atoms with Gasteiger partial charge in [0.1, 0.15) is 5.52 Å². The average molecular weight is 419 g/mol. The van der Waals surface area contributed by atoms with Crippen molar-refractivity contribution < 1.29 is 9.21 Å². The minimum atomic E-state index is -0.727. The Balaban J connectivity index is 1.33. The second-order valence-electron chi connectivity index (χ2n) is 7.60. The van der Waals surface area contributed by atoms with Crippen LogP contribution in [0.15, 0.2) is 40.9 Å². The van der Waals surface area contributed by atoms with Crippen molar-refractivity contribution in [2.24, 2.45) is 0 Å². The number of piperazine rings is 1. The van der Waals surface area contributed by atoms with Gasteiger partial charge in [-0.25, -0.2) is 15.0 Å². The summed E-state index contributed by atoms with van der Waals surface area (Å²) in [6.07, 6.45) is 2.78. The van der Waals surface area contributed by atoms with Crippen molar-refractivity contribution in [2.45, 2.75) is 18.8 Å². The predicted molar refractivity (Wildman–Crippen MR) is 115 cm³/mol. The SMILES string of the molecule is CN1CCN(C(=O)CCCNc2nccc(C(C#N)c3nc4ccccc4o3)n2)CC1. The number of rotatable bonds is 7. The number of aromatic nitrogens is 3. The molecular weight excluding hydrogens is 394 g/mol. The molecule has 0 spiro atoms. The quantitative estimate of drug-likeness (QED) is 0.581. The number of fused-ring (bicyclic) bond motifs is 1. The summed E-state index contributed by atoms with van der Waals surface area (Å²) in [7, 11) is 2.07. The number of nitrogens with zero attached hydrogens (tertiary/aromatic N) is 6. The standard InChI is InChI=1S/C22H25N7O2/c1-28-11-13-29(14-12-28)20(30)7-4-9-24-22-25-10-8-17(27-22)16(15-23)21-26-18-5-2-3-6-19(18)31-21/h2-3,5-6,8,10,16H,4,7,9,11-14H2,1H3,(H,24,25,27). The first-order valence-electron chi connectivity index (χ1n) is 10.4. The van der Waals surface area contributed by atoms with Gasteiger partial charge in [0.05, 0.1) is 11.8 Å². The van der Waals surface area contributed by atoms with E-state index in [-0.39, 0.29) is 5.91 Å². The number of hydrogen-bond donors (Lipinski definition) is 1. The Kier molecular flexibility index (Phi) is 6.38. The van der Waals surface area contributed by atoms with Gasteiger partial charge in [-0.3, -0.25) is 4.79 Å². The van der Waals surface area contributed by atoms with Crippen molar-refractivity contribution in [3.63, 3.8) is 0 Å². The fraction of sp³-hybridized carbons (Fsp3) is 0.409. The maximum atomic E-state index is 12.3. The number of likely N-dealkylation sites (N-methyl/N-ethyl adjacent to an activating group) is 1. The van der Waals surface area contributed by atoms with Crippen LogP contribution in [0.1, 0.15) is 30.3 Å².